The van der Waals surface area contributed by atoms with Crippen molar-refractivity contribution in [3.05, 3.63) is 69.9 Å². The van der Waals surface area contributed by atoms with E-state index in [1.165, 1.54) is 6.07 Å². The second-order valence-corrected chi connectivity index (χ2v) is 5.69. The van der Waals surface area contributed by atoms with Gasteiger partial charge in [0.25, 0.3) is 0 Å². The van der Waals surface area contributed by atoms with Crippen LogP contribution in [-0.4, -0.2) is 12.1 Å². The topological polar surface area (TPSA) is 22.1 Å². The van der Waals surface area contributed by atoms with Crippen molar-refractivity contribution in [1.82, 2.24) is 4.98 Å². The number of rotatable bonds is 3. The van der Waals surface area contributed by atoms with Crippen molar-refractivity contribution in [2.75, 3.05) is 7.11 Å². The van der Waals surface area contributed by atoms with Crippen LogP contribution in [0.4, 0.5) is 8.78 Å². The molecular formula is C18H14ClF2NO. The van der Waals surface area contributed by atoms with Gasteiger partial charge in [0, 0.05) is 24.2 Å². The van der Waals surface area contributed by atoms with E-state index in [9.17, 15) is 8.78 Å². The molecule has 1 aromatic heterocycles. The number of methoxy groups -OCH3 is 1. The van der Waals surface area contributed by atoms with Gasteiger partial charge in [-0.3, -0.25) is 4.98 Å². The summed E-state index contributed by atoms with van der Waals surface area (Å²) in [6.45, 7) is 1.78. The summed E-state index contributed by atoms with van der Waals surface area (Å²) in [5.74, 6) is -0.632. The predicted octanol–water partition coefficient (Wildman–Crippen LogP) is 5.07. The lowest BCUT2D eigenvalue weighted by molar-refractivity contribution is 0.414. The van der Waals surface area contributed by atoms with Gasteiger partial charge < -0.3 is 4.74 Å². The Kier molecular flexibility index (Phi) is 4.18. The molecule has 3 rings (SSSR count). The van der Waals surface area contributed by atoms with Crippen molar-refractivity contribution < 1.29 is 13.5 Å². The molecule has 0 radical (unpaired) electrons. The van der Waals surface area contributed by atoms with Crippen LogP contribution in [0.15, 0.2) is 36.4 Å². The lowest BCUT2D eigenvalue weighted by Crippen LogP contribution is -2.00. The van der Waals surface area contributed by atoms with Gasteiger partial charge in [-0.1, -0.05) is 23.7 Å². The summed E-state index contributed by atoms with van der Waals surface area (Å²) in [6.07, 6.45) is 0.497. The van der Waals surface area contributed by atoms with Crippen molar-refractivity contribution in [3.8, 4) is 5.75 Å². The van der Waals surface area contributed by atoms with Crippen molar-refractivity contribution in [3.63, 3.8) is 0 Å². The monoisotopic (exact) mass is 333 g/mol. The maximum atomic E-state index is 14.0. The molecule has 0 aliphatic heterocycles. The molecule has 5 heteroatoms. The maximum absolute atomic E-state index is 14.0. The summed E-state index contributed by atoms with van der Waals surface area (Å²) < 4.78 is 32.6. The molecule has 2 aromatic carbocycles. The van der Waals surface area contributed by atoms with Crippen LogP contribution in [0.1, 0.15) is 16.8 Å². The standard InChI is InChI=1S/C18H14ClF2NO/c1-10-15(7-11-4-3-5-13(6-11)23-2)22-16-9-12(20)8-14(21)17(16)18(10)19/h3-6,8-9H,7H2,1-2H3. The molecule has 2 nitrogen and oxygen atoms in total. The normalized spacial score (nSPS) is 11.0. The Balaban J connectivity index is 2.12. The van der Waals surface area contributed by atoms with E-state index < -0.39 is 11.6 Å². The summed E-state index contributed by atoms with van der Waals surface area (Å²) in [6, 6.07) is 9.57. The smallest absolute Gasteiger partial charge is 0.137 e. The zero-order valence-corrected chi connectivity index (χ0v) is 13.4. The number of ether oxygens (including phenoxy) is 1. The average Bonchev–Trinajstić information content (AvgIpc) is 2.51. The summed E-state index contributed by atoms with van der Waals surface area (Å²) >= 11 is 6.29. The molecule has 0 saturated heterocycles. The lowest BCUT2D eigenvalue weighted by atomic mass is 10.0. The van der Waals surface area contributed by atoms with Crippen LogP contribution >= 0.6 is 11.6 Å². The molecule has 0 N–H and O–H groups in total. The lowest BCUT2D eigenvalue weighted by Gasteiger charge is -2.12. The van der Waals surface area contributed by atoms with Gasteiger partial charge >= 0.3 is 0 Å². The molecule has 0 aliphatic rings. The van der Waals surface area contributed by atoms with Gasteiger partial charge in [0.1, 0.15) is 17.4 Å². The minimum atomic E-state index is -0.700. The second kappa shape index (κ2) is 6.13. The Morgan fingerprint density at radius 1 is 1.17 bits per heavy atom. The Labute approximate surface area is 137 Å². The first-order valence-electron chi connectivity index (χ1n) is 7.06. The first-order valence-corrected chi connectivity index (χ1v) is 7.44. The summed E-state index contributed by atoms with van der Waals surface area (Å²) in [5.41, 5.74) is 2.57. The number of hydrogen-bond donors (Lipinski definition) is 0. The van der Waals surface area contributed by atoms with Gasteiger partial charge in [0.05, 0.1) is 23.0 Å². The highest BCUT2D eigenvalue weighted by molar-refractivity contribution is 6.36. The van der Waals surface area contributed by atoms with E-state index in [2.05, 4.69) is 4.98 Å². The van der Waals surface area contributed by atoms with Crippen molar-refractivity contribution >= 4 is 22.5 Å². The molecule has 0 atom stereocenters. The van der Waals surface area contributed by atoms with E-state index in [0.29, 0.717) is 17.7 Å². The third-order valence-electron chi connectivity index (χ3n) is 3.78. The maximum Gasteiger partial charge on any atom is 0.137 e. The van der Waals surface area contributed by atoms with Gasteiger partial charge in [0.2, 0.25) is 0 Å². The van der Waals surface area contributed by atoms with Crippen molar-refractivity contribution in [1.29, 1.82) is 0 Å². The molecule has 118 valence electrons. The molecule has 0 saturated carbocycles. The average molecular weight is 334 g/mol. The van der Waals surface area contributed by atoms with E-state index >= 15 is 0 Å². The van der Waals surface area contributed by atoms with Crippen LogP contribution in [0.3, 0.4) is 0 Å². The van der Waals surface area contributed by atoms with E-state index in [1.54, 1.807) is 14.0 Å². The van der Waals surface area contributed by atoms with Crippen LogP contribution in [-0.2, 0) is 6.42 Å². The first kappa shape index (κ1) is 15.7. The molecule has 0 spiro atoms. The number of benzene rings is 2. The number of hydrogen-bond acceptors (Lipinski definition) is 2. The molecule has 0 fully saturated rings. The highest BCUT2D eigenvalue weighted by Gasteiger charge is 2.15. The molecule has 3 aromatic rings. The fourth-order valence-corrected chi connectivity index (χ4v) is 2.85. The first-order chi connectivity index (χ1) is 11.0. The Bertz CT molecular complexity index is 896. The Morgan fingerprint density at radius 3 is 2.70 bits per heavy atom. The van der Waals surface area contributed by atoms with Crippen LogP contribution < -0.4 is 4.74 Å². The minimum absolute atomic E-state index is 0.153. The molecule has 0 amide bonds. The second-order valence-electron chi connectivity index (χ2n) is 5.31. The SMILES string of the molecule is COc1cccc(Cc2nc3cc(F)cc(F)c3c(Cl)c2C)c1. The van der Waals surface area contributed by atoms with E-state index in [-0.39, 0.29) is 15.9 Å². The largest absolute Gasteiger partial charge is 0.497 e. The Morgan fingerprint density at radius 2 is 1.96 bits per heavy atom. The fraction of sp³-hybridized carbons (Fsp3) is 0.167. The summed E-state index contributed by atoms with van der Waals surface area (Å²) in [4.78, 5) is 4.40. The number of aromatic nitrogens is 1. The van der Waals surface area contributed by atoms with Crippen molar-refractivity contribution in [2.45, 2.75) is 13.3 Å². The highest BCUT2D eigenvalue weighted by atomic mass is 35.5. The van der Waals surface area contributed by atoms with Crippen LogP contribution in [0.5, 0.6) is 5.75 Å². The minimum Gasteiger partial charge on any atom is -0.497 e. The number of pyridine rings is 1. The van der Waals surface area contributed by atoms with Gasteiger partial charge in [-0.15, -0.1) is 0 Å². The molecule has 0 aliphatic carbocycles. The Hall–Kier alpha value is -2.20. The van der Waals surface area contributed by atoms with E-state index in [0.717, 1.165) is 17.4 Å². The number of fused-ring (bicyclic) bond motifs is 1. The summed E-state index contributed by atoms with van der Waals surface area (Å²) in [7, 11) is 1.60. The zero-order valence-electron chi connectivity index (χ0n) is 12.7. The van der Waals surface area contributed by atoms with Gasteiger partial charge in [0.15, 0.2) is 0 Å². The van der Waals surface area contributed by atoms with E-state index in [1.807, 2.05) is 24.3 Å². The number of nitrogens with zero attached hydrogens (tertiary/aromatic N) is 1. The number of halogens is 3. The van der Waals surface area contributed by atoms with Crippen LogP contribution in [0.25, 0.3) is 10.9 Å². The summed E-state index contributed by atoms with van der Waals surface area (Å²) in [5, 5.41) is 0.422. The van der Waals surface area contributed by atoms with E-state index in [4.69, 9.17) is 16.3 Å². The molecule has 23 heavy (non-hydrogen) atoms. The van der Waals surface area contributed by atoms with Crippen LogP contribution in [0, 0.1) is 18.6 Å². The molecular weight excluding hydrogens is 320 g/mol. The highest BCUT2D eigenvalue weighted by Crippen LogP contribution is 2.31. The molecule has 1 heterocycles. The quantitative estimate of drug-likeness (QED) is 0.667. The molecule has 0 unspecified atom stereocenters. The molecule has 0 bridgehead atoms. The van der Waals surface area contributed by atoms with Crippen LogP contribution in [0.2, 0.25) is 5.02 Å². The predicted molar refractivity (Wildman–Crippen MR) is 87.2 cm³/mol. The van der Waals surface area contributed by atoms with Gasteiger partial charge in [-0.25, -0.2) is 8.78 Å². The third-order valence-corrected chi connectivity index (χ3v) is 4.25. The van der Waals surface area contributed by atoms with Crippen molar-refractivity contribution in [2.24, 2.45) is 0 Å². The fourth-order valence-electron chi connectivity index (χ4n) is 2.56. The van der Waals surface area contributed by atoms with Gasteiger partial charge in [-0.05, 0) is 30.2 Å². The zero-order chi connectivity index (χ0) is 16.6. The van der Waals surface area contributed by atoms with Gasteiger partial charge in [-0.2, -0.15) is 0 Å². The third kappa shape index (κ3) is 2.99.